The van der Waals surface area contributed by atoms with E-state index < -0.39 is 0 Å². The lowest BCUT2D eigenvalue weighted by Crippen LogP contribution is -2.35. The van der Waals surface area contributed by atoms with Gasteiger partial charge in [-0.2, -0.15) is 9.61 Å². The molecule has 0 saturated carbocycles. The van der Waals surface area contributed by atoms with Gasteiger partial charge in [0.1, 0.15) is 5.82 Å². The number of ether oxygens (including phenoxy) is 1. The molecule has 2 aromatic rings. The topological polar surface area (TPSA) is 63.0 Å². The maximum absolute atomic E-state index is 11.6. The van der Waals surface area contributed by atoms with E-state index in [1.165, 1.54) is 7.11 Å². The third kappa shape index (κ3) is 2.26. The van der Waals surface area contributed by atoms with E-state index in [1.807, 2.05) is 16.6 Å². The van der Waals surface area contributed by atoms with E-state index in [-0.39, 0.29) is 6.09 Å². The summed E-state index contributed by atoms with van der Waals surface area (Å²) in [5.74, 6) is 1.01. The molecule has 0 unspecified atom stereocenters. The molecule has 0 radical (unpaired) electrons. The highest BCUT2D eigenvalue weighted by Gasteiger charge is 2.20. The van der Waals surface area contributed by atoms with Gasteiger partial charge in [-0.15, -0.1) is 0 Å². The van der Waals surface area contributed by atoms with Crippen molar-refractivity contribution in [3.8, 4) is 0 Å². The summed E-state index contributed by atoms with van der Waals surface area (Å²) in [7, 11) is 1.42. The van der Waals surface area contributed by atoms with E-state index in [4.69, 9.17) is 4.74 Å². The molecule has 1 fully saturated rings. The molecule has 1 aliphatic heterocycles. The SMILES string of the molecule is COC(=O)N1CCCN(c2ccnc3ccnn23)CC1. The van der Waals surface area contributed by atoms with Crippen LogP contribution in [0.15, 0.2) is 24.5 Å². The zero-order chi connectivity index (χ0) is 13.9. The minimum Gasteiger partial charge on any atom is -0.453 e. The minimum absolute atomic E-state index is 0.259. The van der Waals surface area contributed by atoms with Crippen molar-refractivity contribution in [2.24, 2.45) is 0 Å². The van der Waals surface area contributed by atoms with Crippen LogP contribution in [0.4, 0.5) is 10.6 Å². The third-order valence-corrected chi connectivity index (χ3v) is 3.52. The van der Waals surface area contributed by atoms with Gasteiger partial charge in [-0.25, -0.2) is 9.78 Å². The summed E-state index contributed by atoms with van der Waals surface area (Å²) in [6, 6.07) is 3.83. The molecule has 0 bridgehead atoms. The zero-order valence-corrected chi connectivity index (χ0v) is 11.4. The molecule has 1 saturated heterocycles. The van der Waals surface area contributed by atoms with Crippen LogP contribution in [0.5, 0.6) is 0 Å². The molecule has 1 aliphatic rings. The van der Waals surface area contributed by atoms with Crippen LogP contribution in [-0.4, -0.2) is 58.9 Å². The largest absolute Gasteiger partial charge is 0.453 e. The lowest BCUT2D eigenvalue weighted by atomic mass is 10.4. The van der Waals surface area contributed by atoms with Crippen LogP contribution in [0, 0.1) is 0 Å². The van der Waals surface area contributed by atoms with Crippen LogP contribution in [-0.2, 0) is 4.74 Å². The van der Waals surface area contributed by atoms with Crippen molar-refractivity contribution in [1.29, 1.82) is 0 Å². The Kier molecular flexibility index (Phi) is 3.41. The van der Waals surface area contributed by atoms with Gasteiger partial charge in [0.05, 0.1) is 13.3 Å². The first-order valence-electron chi connectivity index (χ1n) is 6.66. The number of hydrogen-bond acceptors (Lipinski definition) is 5. The number of hydrogen-bond donors (Lipinski definition) is 0. The molecular formula is C13H17N5O2. The second kappa shape index (κ2) is 5.36. The van der Waals surface area contributed by atoms with Crippen molar-refractivity contribution in [1.82, 2.24) is 19.5 Å². The fraction of sp³-hybridized carbons (Fsp3) is 0.462. The molecule has 1 amide bonds. The second-order valence-corrected chi connectivity index (χ2v) is 4.70. The van der Waals surface area contributed by atoms with Gasteiger partial charge in [-0.3, -0.25) is 0 Å². The number of nitrogens with zero attached hydrogens (tertiary/aromatic N) is 5. The Morgan fingerprint density at radius 3 is 2.95 bits per heavy atom. The summed E-state index contributed by atoms with van der Waals surface area (Å²) in [6.07, 6.45) is 4.17. The zero-order valence-electron chi connectivity index (χ0n) is 11.4. The fourth-order valence-corrected chi connectivity index (χ4v) is 2.52. The Bertz CT molecular complexity index is 612. The third-order valence-electron chi connectivity index (χ3n) is 3.52. The van der Waals surface area contributed by atoms with Gasteiger partial charge in [0.15, 0.2) is 5.65 Å². The molecule has 106 valence electrons. The van der Waals surface area contributed by atoms with Gasteiger partial charge < -0.3 is 14.5 Å². The number of carbonyl (C=O) groups is 1. The van der Waals surface area contributed by atoms with Crippen molar-refractivity contribution in [3.05, 3.63) is 24.5 Å². The van der Waals surface area contributed by atoms with Crippen molar-refractivity contribution in [3.63, 3.8) is 0 Å². The second-order valence-electron chi connectivity index (χ2n) is 4.70. The summed E-state index contributed by atoms with van der Waals surface area (Å²) < 4.78 is 6.61. The molecule has 2 aromatic heterocycles. The monoisotopic (exact) mass is 275 g/mol. The normalized spacial score (nSPS) is 16.2. The Hall–Kier alpha value is -2.31. The molecule has 0 atom stereocenters. The van der Waals surface area contributed by atoms with Gasteiger partial charge in [-0.1, -0.05) is 0 Å². The van der Waals surface area contributed by atoms with Gasteiger partial charge in [0.25, 0.3) is 0 Å². The van der Waals surface area contributed by atoms with Gasteiger partial charge >= 0.3 is 6.09 Å². The lowest BCUT2D eigenvalue weighted by molar-refractivity contribution is 0.126. The number of fused-ring (bicyclic) bond motifs is 1. The molecule has 7 heteroatoms. The van der Waals surface area contributed by atoms with Crippen LogP contribution in [0.3, 0.4) is 0 Å². The van der Waals surface area contributed by atoms with E-state index in [0.29, 0.717) is 6.54 Å². The van der Waals surface area contributed by atoms with Crippen molar-refractivity contribution < 1.29 is 9.53 Å². The Morgan fingerprint density at radius 1 is 1.20 bits per heavy atom. The average Bonchev–Trinajstić information content (AvgIpc) is 2.83. The van der Waals surface area contributed by atoms with E-state index in [1.54, 1.807) is 17.3 Å². The first kappa shape index (κ1) is 12.7. The van der Waals surface area contributed by atoms with Crippen LogP contribution in [0.1, 0.15) is 6.42 Å². The van der Waals surface area contributed by atoms with Crippen molar-refractivity contribution >= 4 is 17.6 Å². The van der Waals surface area contributed by atoms with Gasteiger partial charge in [0, 0.05) is 38.4 Å². The molecule has 0 aliphatic carbocycles. The van der Waals surface area contributed by atoms with E-state index in [9.17, 15) is 4.79 Å². The molecule has 7 nitrogen and oxygen atoms in total. The maximum atomic E-state index is 11.6. The highest BCUT2D eigenvalue weighted by Crippen LogP contribution is 2.17. The summed E-state index contributed by atoms with van der Waals surface area (Å²) in [5, 5.41) is 4.30. The minimum atomic E-state index is -0.259. The summed E-state index contributed by atoms with van der Waals surface area (Å²) >= 11 is 0. The average molecular weight is 275 g/mol. The first-order valence-corrected chi connectivity index (χ1v) is 6.66. The predicted molar refractivity (Wildman–Crippen MR) is 73.8 cm³/mol. The Morgan fingerprint density at radius 2 is 2.10 bits per heavy atom. The first-order chi connectivity index (χ1) is 9.79. The number of rotatable bonds is 1. The molecule has 0 aromatic carbocycles. The van der Waals surface area contributed by atoms with Crippen molar-refractivity contribution in [2.45, 2.75) is 6.42 Å². The number of methoxy groups -OCH3 is 1. The summed E-state index contributed by atoms with van der Waals surface area (Å²) in [4.78, 5) is 19.8. The molecular weight excluding hydrogens is 258 g/mol. The van der Waals surface area contributed by atoms with Gasteiger partial charge in [-0.05, 0) is 12.5 Å². The smallest absolute Gasteiger partial charge is 0.409 e. The summed E-state index contributed by atoms with van der Waals surface area (Å²) in [5.41, 5.74) is 0.830. The van der Waals surface area contributed by atoms with Crippen LogP contribution < -0.4 is 4.90 Å². The number of amides is 1. The molecule has 20 heavy (non-hydrogen) atoms. The Balaban J connectivity index is 1.81. The standard InChI is InChI=1S/C13H17N5O2/c1-20-13(19)17-8-2-7-16(9-10-17)12-4-5-14-11-3-6-15-18(11)12/h3-6H,2,7-10H2,1H3. The lowest BCUT2D eigenvalue weighted by Gasteiger charge is -2.23. The fourth-order valence-electron chi connectivity index (χ4n) is 2.52. The quantitative estimate of drug-likeness (QED) is 0.777. The molecule has 0 spiro atoms. The molecule has 3 heterocycles. The maximum Gasteiger partial charge on any atom is 0.409 e. The van der Waals surface area contributed by atoms with E-state index >= 15 is 0 Å². The van der Waals surface area contributed by atoms with Gasteiger partial charge in [0.2, 0.25) is 0 Å². The molecule has 0 N–H and O–H groups in total. The highest BCUT2D eigenvalue weighted by molar-refractivity contribution is 5.67. The number of carbonyl (C=O) groups excluding carboxylic acids is 1. The van der Waals surface area contributed by atoms with Crippen molar-refractivity contribution in [2.75, 3.05) is 38.2 Å². The Labute approximate surface area is 116 Å². The number of aromatic nitrogens is 3. The van der Waals surface area contributed by atoms with E-state index in [0.717, 1.165) is 37.5 Å². The predicted octanol–water partition coefficient (Wildman–Crippen LogP) is 1.01. The highest BCUT2D eigenvalue weighted by atomic mass is 16.5. The number of anilines is 1. The molecule has 3 rings (SSSR count). The van der Waals surface area contributed by atoms with E-state index in [2.05, 4.69) is 15.0 Å². The van der Waals surface area contributed by atoms with Crippen LogP contribution in [0.2, 0.25) is 0 Å². The van der Waals surface area contributed by atoms with Crippen LogP contribution >= 0.6 is 0 Å². The summed E-state index contributed by atoms with van der Waals surface area (Å²) in [6.45, 7) is 3.01. The van der Waals surface area contributed by atoms with Crippen LogP contribution in [0.25, 0.3) is 5.65 Å².